The van der Waals surface area contributed by atoms with Gasteiger partial charge in [-0.2, -0.15) is 0 Å². The van der Waals surface area contributed by atoms with E-state index in [1.807, 2.05) is 11.8 Å². The Morgan fingerprint density at radius 2 is 2.12 bits per heavy atom. The van der Waals surface area contributed by atoms with Crippen molar-refractivity contribution in [3.63, 3.8) is 0 Å². The van der Waals surface area contributed by atoms with Crippen molar-refractivity contribution in [2.24, 2.45) is 5.92 Å². The highest BCUT2D eigenvalue weighted by Gasteiger charge is 2.32. The van der Waals surface area contributed by atoms with Gasteiger partial charge in [0.25, 0.3) is 0 Å². The van der Waals surface area contributed by atoms with Gasteiger partial charge in [-0.15, -0.1) is 11.8 Å². The minimum absolute atomic E-state index is 0.708. The molecule has 0 saturated heterocycles. The molecular weight excluding hydrogens is 294 g/mol. The zero-order valence-corrected chi connectivity index (χ0v) is 12.9. The molecule has 17 heavy (non-hydrogen) atoms. The molecular formula is C14H20BrNS. The topological polar surface area (TPSA) is 12.0 Å². The van der Waals surface area contributed by atoms with E-state index in [1.165, 1.54) is 22.2 Å². The van der Waals surface area contributed by atoms with Crippen LogP contribution in [0.3, 0.4) is 0 Å². The fourth-order valence-corrected chi connectivity index (χ4v) is 4.44. The summed E-state index contributed by atoms with van der Waals surface area (Å²) in [5.74, 6) is 0.757. The third kappa shape index (κ3) is 3.27. The maximum Gasteiger partial charge on any atom is 0.0311 e. The fraction of sp³-hybridized carbons (Fsp3) is 0.571. The van der Waals surface area contributed by atoms with E-state index in [1.54, 1.807) is 0 Å². The second-order valence-electron chi connectivity index (χ2n) is 4.69. The lowest BCUT2D eigenvalue weighted by atomic mass is 10.1. The third-order valence-electron chi connectivity index (χ3n) is 3.56. The first-order valence-corrected chi connectivity index (χ1v) is 8.04. The molecule has 0 amide bonds. The van der Waals surface area contributed by atoms with Gasteiger partial charge in [-0.05, 0) is 53.4 Å². The van der Waals surface area contributed by atoms with Gasteiger partial charge in [0.1, 0.15) is 0 Å². The van der Waals surface area contributed by atoms with Crippen molar-refractivity contribution in [1.82, 2.24) is 5.32 Å². The number of thioether (sulfide) groups is 1. The summed E-state index contributed by atoms with van der Waals surface area (Å²) in [6.45, 7) is 5.66. The summed E-state index contributed by atoms with van der Waals surface area (Å²) in [6, 6.07) is 9.24. The Morgan fingerprint density at radius 3 is 2.82 bits per heavy atom. The number of hydrogen-bond donors (Lipinski definition) is 1. The van der Waals surface area contributed by atoms with Crippen molar-refractivity contribution in [3.05, 3.63) is 28.7 Å². The molecule has 1 aromatic rings. The van der Waals surface area contributed by atoms with Crippen LogP contribution in [-0.4, -0.2) is 17.8 Å². The first-order chi connectivity index (χ1) is 8.22. The molecule has 3 atom stereocenters. The number of benzene rings is 1. The highest BCUT2D eigenvalue weighted by atomic mass is 79.9. The maximum atomic E-state index is 3.63. The van der Waals surface area contributed by atoms with Crippen molar-refractivity contribution in [2.45, 2.75) is 42.9 Å². The highest BCUT2D eigenvalue weighted by Crippen LogP contribution is 2.41. The molecule has 1 nitrogen and oxygen atoms in total. The zero-order valence-electron chi connectivity index (χ0n) is 10.4. The van der Waals surface area contributed by atoms with E-state index in [4.69, 9.17) is 0 Å². The van der Waals surface area contributed by atoms with Crippen molar-refractivity contribution >= 4 is 27.7 Å². The molecule has 2 rings (SSSR count). The Kier molecular flexibility index (Phi) is 4.95. The van der Waals surface area contributed by atoms with Crippen LogP contribution in [0.15, 0.2) is 33.6 Å². The second kappa shape index (κ2) is 6.26. The van der Waals surface area contributed by atoms with E-state index in [2.05, 4.69) is 59.4 Å². The molecule has 1 fully saturated rings. The molecule has 0 heterocycles. The van der Waals surface area contributed by atoms with Crippen LogP contribution in [0.1, 0.15) is 26.7 Å². The van der Waals surface area contributed by atoms with Gasteiger partial charge in [0.05, 0.1) is 0 Å². The van der Waals surface area contributed by atoms with Crippen LogP contribution >= 0.6 is 27.7 Å². The van der Waals surface area contributed by atoms with Crippen LogP contribution in [0.2, 0.25) is 0 Å². The minimum atomic E-state index is 0.708. The molecule has 0 radical (unpaired) electrons. The minimum Gasteiger partial charge on any atom is -0.314 e. The van der Waals surface area contributed by atoms with Crippen LogP contribution in [0, 0.1) is 5.92 Å². The molecule has 1 aliphatic carbocycles. The van der Waals surface area contributed by atoms with Gasteiger partial charge in [-0.25, -0.2) is 0 Å². The second-order valence-corrected chi connectivity index (χ2v) is 6.82. The highest BCUT2D eigenvalue weighted by molar-refractivity contribution is 9.10. The van der Waals surface area contributed by atoms with Gasteiger partial charge in [-0.1, -0.05) is 26.0 Å². The average Bonchev–Trinajstić information content (AvgIpc) is 2.65. The van der Waals surface area contributed by atoms with Gasteiger partial charge >= 0.3 is 0 Å². The molecule has 1 aliphatic rings. The lowest BCUT2D eigenvalue weighted by Crippen LogP contribution is -2.32. The quantitative estimate of drug-likeness (QED) is 0.888. The maximum absolute atomic E-state index is 3.63. The summed E-state index contributed by atoms with van der Waals surface area (Å²) in [5, 5.41) is 4.35. The smallest absolute Gasteiger partial charge is 0.0311 e. The molecule has 94 valence electrons. The van der Waals surface area contributed by atoms with E-state index in [0.717, 1.165) is 17.7 Å². The van der Waals surface area contributed by atoms with Crippen molar-refractivity contribution < 1.29 is 0 Å². The lowest BCUT2D eigenvalue weighted by molar-refractivity contribution is 0.441. The normalized spacial score (nSPS) is 28.5. The molecule has 1 aromatic carbocycles. The van der Waals surface area contributed by atoms with Crippen LogP contribution in [-0.2, 0) is 0 Å². The van der Waals surface area contributed by atoms with Gasteiger partial charge < -0.3 is 5.32 Å². The van der Waals surface area contributed by atoms with Crippen molar-refractivity contribution in [1.29, 1.82) is 0 Å². The standard InChI is InChI=1S/C14H20BrNS/c1-3-16-12-8-9-13(10(12)2)17-14-7-5-4-6-11(14)15/h4-7,10,12-13,16H,3,8-9H2,1-2H3. The predicted octanol–water partition coefficient (Wildman–Crippen LogP) is 4.32. The Hall–Kier alpha value is 0.01000. The Morgan fingerprint density at radius 1 is 1.35 bits per heavy atom. The molecule has 1 saturated carbocycles. The third-order valence-corrected chi connectivity index (χ3v) is 6.10. The summed E-state index contributed by atoms with van der Waals surface area (Å²) in [4.78, 5) is 1.38. The first-order valence-electron chi connectivity index (χ1n) is 6.37. The summed E-state index contributed by atoms with van der Waals surface area (Å²) in [6.07, 6.45) is 2.64. The molecule has 0 bridgehead atoms. The van der Waals surface area contributed by atoms with E-state index < -0.39 is 0 Å². The summed E-state index contributed by atoms with van der Waals surface area (Å²) in [7, 11) is 0. The number of nitrogens with one attached hydrogen (secondary N) is 1. The summed E-state index contributed by atoms with van der Waals surface area (Å²) >= 11 is 5.66. The first kappa shape index (κ1) is 13.4. The monoisotopic (exact) mass is 313 g/mol. The van der Waals surface area contributed by atoms with Gasteiger partial charge in [-0.3, -0.25) is 0 Å². The van der Waals surface area contributed by atoms with Gasteiger partial charge in [0.15, 0.2) is 0 Å². The Balaban J connectivity index is 1.99. The van der Waals surface area contributed by atoms with Crippen LogP contribution in [0.5, 0.6) is 0 Å². The summed E-state index contributed by atoms with van der Waals surface area (Å²) in [5.41, 5.74) is 0. The van der Waals surface area contributed by atoms with Crippen LogP contribution in [0.4, 0.5) is 0 Å². The molecule has 1 N–H and O–H groups in total. The van der Waals surface area contributed by atoms with E-state index in [0.29, 0.717) is 6.04 Å². The lowest BCUT2D eigenvalue weighted by Gasteiger charge is -2.21. The van der Waals surface area contributed by atoms with E-state index in [-0.39, 0.29) is 0 Å². The molecule has 0 aromatic heterocycles. The molecule has 3 heteroatoms. The van der Waals surface area contributed by atoms with E-state index in [9.17, 15) is 0 Å². The molecule has 0 aliphatic heterocycles. The average molecular weight is 314 g/mol. The Bertz CT molecular complexity index is 369. The van der Waals surface area contributed by atoms with E-state index >= 15 is 0 Å². The molecule has 0 spiro atoms. The number of rotatable bonds is 4. The number of halogens is 1. The fourth-order valence-electron chi connectivity index (χ4n) is 2.55. The largest absolute Gasteiger partial charge is 0.314 e. The van der Waals surface area contributed by atoms with Crippen molar-refractivity contribution in [2.75, 3.05) is 6.54 Å². The van der Waals surface area contributed by atoms with Crippen LogP contribution < -0.4 is 5.32 Å². The number of hydrogen-bond acceptors (Lipinski definition) is 2. The SMILES string of the molecule is CCNC1CCC(Sc2ccccc2Br)C1C. The summed E-state index contributed by atoms with van der Waals surface area (Å²) < 4.78 is 1.23. The molecule has 3 unspecified atom stereocenters. The van der Waals surface area contributed by atoms with Crippen molar-refractivity contribution in [3.8, 4) is 0 Å². The van der Waals surface area contributed by atoms with Crippen LogP contribution in [0.25, 0.3) is 0 Å². The van der Waals surface area contributed by atoms with Gasteiger partial charge in [0.2, 0.25) is 0 Å². The predicted molar refractivity (Wildman–Crippen MR) is 79.6 cm³/mol. The zero-order chi connectivity index (χ0) is 12.3. The van der Waals surface area contributed by atoms with Gasteiger partial charge in [0, 0.05) is 20.7 Å². The Labute approximate surface area is 117 Å².